The highest BCUT2D eigenvalue weighted by atomic mass is 16.4. The topological polar surface area (TPSA) is 72.9 Å². The first-order chi connectivity index (χ1) is 10.1. The molecule has 1 amide bonds. The summed E-state index contributed by atoms with van der Waals surface area (Å²) in [5, 5.41) is 11.8. The van der Waals surface area contributed by atoms with Crippen LogP contribution in [0.5, 0.6) is 0 Å². The second-order valence-electron chi connectivity index (χ2n) is 5.09. The molecule has 0 saturated carbocycles. The molecule has 0 spiro atoms. The molecule has 2 N–H and O–H groups in total. The Kier molecular flexibility index (Phi) is 5.57. The number of carboxylic acid groups (broad SMARTS) is 1. The molecular formula is C15H21N3O3. The molecular weight excluding hydrogens is 270 g/mol. The number of nitrogens with one attached hydrogen (secondary N) is 1. The van der Waals surface area contributed by atoms with E-state index in [1.54, 1.807) is 0 Å². The number of benzene rings is 1. The van der Waals surface area contributed by atoms with Crippen LogP contribution in [-0.4, -0.2) is 66.1 Å². The Morgan fingerprint density at radius 3 is 2.38 bits per heavy atom. The molecule has 0 radical (unpaired) electrons. The molecule has 0 unspecified atom stereocenters. The minimum atomic E-state index is -0.777. The van der Waals surface area contributed by atoms with Gasteiger partial charge in [0.25, 0.3) is 0 Å². The SMILES string of the molecule is O=C(O)CCN1CCN(C(=O)CNc2ccccc2)CC1. The van der Waals surface area contributed by atoms with Crippen LogP contribution in [0.2, 0.25) is 0 Å². The summed E-state index contributed by atoms with van der Waals surface area (Å²) in [6, 6.07) is 9.64. The highest BCUT2D eigenvalue weighted by Gasteiger charge is 2.20. The van der Waals surface area contributed by atoms with Gasteiger partial charge in [-0.3, -0.25) is 14.5 Å². The molecule has 0 aliphatic carbocycles. The van der Waals surface area contributed by atoms with E-state index in [0.717, 1.165) is 18.8 Å². The molecule has 1 aromatic rings. The molecule has 6 heteroatoms. The maximum Gasteiger partial charge on any atom is 0.304 e. The summed E-state index contributed by atoms with van der Waals surface area (Å²) >= 11 is 0. The van der Waals surface area contributed by atoms with E-state index in [1.165, 1.54) is 0 Å². The van der Waals surface area contributed by atoms with Gasteiger partial charge in [0.1, 0.15) is 0 Å². The van der Waals surface area contributed by atoms with Crippen LogP contribution in [0.25, 0.3) is 0 Å². The summed E-state index contributed by atoms with van der Waals surface area (Å²) in [5.74, 6) is -0.697. The van der Waals surface area contributed by atoms with Gasteiger partial charge < -0.3 is 15.3 Å². The minimum absolute atomic E-state index is 0.0803. The highest BCUT2D eigenvalue weighted by Crippen LogP contribution is 2.06. The van der Waals surface area contributed by atoms with Crippen LogP contribution in [0.1, 0.15) is 6.42 Å². The van der Waals surface area contributed by atoms with E-state index in [0.29, 0.717) is 26.2 Å². The number of carboxylic acids is 1. The Hall–Kier alpha value is -2.08. The molecule has 6 nitrogen and oxygen atoms in total. The summed E-state index contributed by atoms with van der Waals surface area (Å²) in [6.07, 6.45) is 0.156. The highest BCUT2D eigenvalue weighted by molar-refractivity contribution is 5.81. The van der Waals surface area contributed by atoms with Crippen LogP contribution in [0.4, 0.5) is 5.69 Å². The van der Waals surface area contributed by atoms with Crippen LogP contribution in [0, 0.1) is 0 Å². The molecule has 1 aromatic carbocycles. The van der Waals surface area contributed by atoms with Crippen molar-refractivity contribution in [1.29, 1.82) is 0 Å². The maximum atomic E-state index is 12.1. The zero-order chi connectivity index (χ0) is 15.1. The molecule has 0 bridgehead atoms. The lowest BCUT2D eigenvalue weighted by molar-refractivity contribution is -0.138. The molecule has 0 aromatic heterocycles. The smallest absolute Gasteiger partial charge is 0.304 e. The third-order valence-electron chi connectivity index (χ3n) is 3.58. The zero-order valence-corrected chi connectivity index (χ0v) is 12.0. The van der Waals surface area contributed by atoms with E-state index in [9.17, 15) is 9.59 Å². The lowest BCUT2D eigenvalue weighted by Gasteiger charge is -2.34. The van der Waals surface area contributed by atoms with Gasteiger partial charge in [0.05, 0.1) is 13.0 Å². The van der Waals surface area contributed by atoms with E-state index in [-0.39, 0.29) is 12.3 Å². The molecule has 1 aliphatic rings. The zero-order valence-electron chi connectivity index (χ0n) is 12.0. The lowest BCUT2D eigenvalue weighted by Crippen LogP contribution is -2.50. The Morgan fingerprint density at radius 1 is 1.10 bits per heavy atom. The van der Waals surface area contributed by atoms with Gasteiger partial charge in [-0.2, -0.15) is 0 Å². The summed E-state index contributed by atoms with van der Waals surface area (Å²) in [6.45, 7) is 3.65. The third kappa shape index (κ3) is 5.07. The van der Waals surface area contributed by atoms with Crippen molar-refractivity contribution in [2.24, 2.45) is 0 Å². The van der Waals surface area contributed by atoms with Gasteiger partial charge in [-0.15, -0.1) is 0 Å². The van der Waals surface area contributed by atoms with Gasteiger partial charge in [-0.05, 0) is 12.1 Å². The van der Waals surface area contributed by atoms with Gasteiger partial charge in [0, 0.05) is 38.4 Å². The van der Waals surface area contributed by atoms with Crippen molar-refractivity contribution in [3.05, 3.63) is 30.3 Å². The number of aliphatic carboxylic acids is 1. The fourth-order valence-electron chi connectivity index (χ4n) is 2.32. The maximum absolute atomic E-state index is 12.1. The first-order valence-electron chi connectivity index (χ1n) is 7.16. The molecule has 2 rings (SSSR count). The number of para-hydroxylation sites is 1. The summed E-state index contributed by atoms with van der Waals surface area (Å²) in [4.78, 5) is 26.5. The second kappa shape index (κ2) is 7.64. The number of rotatable bonds is 6. The van der Waals surface area contributed by atoms with Crippen molar-refractivity contribution in [2.75, 3.05) is 44.6 Å². The monoisotopic (exact) mass is 291 g/mol. The Labute approximate surface area is 124 Å². The minimum Gasteiger partial charge on any atom is -0.481 e. The first-order valence-corrected chi connectivity index (χ1v) is 7.16. The fourth-order valence-corrected chi connectivity index (χ4v) is 2.32. The summed E-state index contributed by atoms with van der Waals surface area (Å²) in [5.41, 5.74) is 0.936. The Bertz CT molecular complexity index is 470. The number of carbonyl (C=O) groups is 2. The first kappa shape index (κ1) is 15.3. The predicted molar refractivity (Wildman–Crippen MR) is 80.2 cm³/mol. The summed E-state index contributed by atoms with van der Waals surface area (Å²) in [7, 11) is 0. The van der Waals surface area contributed by atoms with Crippen LogP contribution in [0.3, 0.4) is 0 Å². The molecule has 1 heterocycles. The predicted octanol–water partition coefficient (Wildman–Crippen LogP) is 0.717. The van der Waals surface area contributed by atoms with Crippen LogP contribution in [-0.2, 0) is 9.59 Å². The Balaban J connectivity index is 1.69. The van der Waals surface area contributed by atoms with Gasteiger partial charge in [-0.25, -0.2) is 0 Å². The average Bonchev–Trinajstić information content (AvgIpc) is 2.52. The van der Waals surface area contributed by atoms with Crippen LogP contribution < -0.4 is 5.32 Å². The summed E-state index contributed by atoms with van der Waals surface area (Å²) < 4.78 is 0. The van der Waals surface area contributed by atoms with Crippen LogP contribution >= 0.6 is 0 Å². The molecule has 1 saturated heterocycles. The van der Waals surface area contributed by atoms with E-state index in [2.05, 4.69) is 10.2 Å². The molecule has 0 atom stereocenters. The van der Waals surface area contributed by atoms with Crippen molar-refractivity contribution in [2.45, 2.75) is 6.42 Å². The quantitative estimate of drug-likeness (QED) is 0.808. The second-order valence-corrected chi connectivity index (χ2v) is 5.09. The normalized spacial score (nSPS) is 15.7. The number of anilines is 1. The standard InChI is InChI=1S/C15H21N3O3/c19-14(12-16-13-4-2-1-3-5-13)18-10-8-17(9-11-18)7-6-15(20)21/h1-5,16H,6-12H2,(H,20,21). The number of piperazine rings is 1. The van der Waals surface area contributed by atoms with E-state index < -0.39 is 5.97 Å². The third-order valence-corrected chi connectivity index (χ3v) is 3.58. The number of nitrogens with zero attached hydrogens (tertiary/aromatic N) is 2. The van der Waals surface area contributed by atoms with Gasteiger partial charge >= 0.3 is 5.97 Å². The van der Waals surface area contributed by atoms with Crippen molar-refractivity contribution < 1.29 is 14.7 Å². The molecule has 1 aliphatic heterocycles. The molecule has 1 fully saturated rings. The number of carbonyl (C=O) groups excluding carboxylic acids is 1. The van der Waals surface area contributed by atoms with Gasteiger partial charge in [-0.1, -0.05) is 18.2 Å². The van der Waals surface area contributed by atoms with Crippen molar-refractivity contribution in [3.63, 3.8) is 0 Å². The fraction of sp³-hybridized carbons (Fsp3) is 0.467. The average molecular weight is 291 g/mol. The van der Waals surface area contributed by atoms with E-state index in [4.69, 9.17) is 5.11 Å². The number of amides is 1. The van der Waals surface area contributed by atoms with E-state index in [1.807, 2.05) is 35.2 Å². The van der Waals surface area contributed by atoms with Crippen molar-refractivity contribution in [1.82, 2.24) is 9.80 Å². The number of hydrogen-bond donors (Lipinski definition) is 2. The van der Waals surface area contributed by atoms with Crippen LogP contribution in [0.15, 0.2) is 30.3 Å². The van der Waals surface area contributed by atoms with Crippen molar-refractivity contribution >= 4 is 17.6 Å². The molecule has 21 heavy (non-hydrogen) atoms. The number of hydrogen-bond acceptors (Lipinski definition) is 4. The molecule has 114 valence electrons. The largest absolute Gasteiger partial charge is 0.481 e. The van der Waals surface area contributed by atoms with Crippen molar-refractivity contribution in [3.8, 4) is 0 Å². The van der Waals surface area contributed by atoms with E-state index >= 15 is 0 Å². The van der Waals surface area contributed by atoms with Gasteiger partial charge in [0.15, 0.2) is 0 Å². The van der Waals surface area contributed by atoms with Gasteiger partial charge in [0.2, 0.25) is 5.91 Å². The Morgan fingerprint density at radius 2 is 1.76 bits per heavy atom. The lowest BCUT2D eigenvalue weighted by atomic mass is 10.2.